The van der Waals surface area contributed by atoms with Gasteiger partial charge in [-0.1, -0.05) is 24.3 Å². The average molecular weight is 496 g/mol. The fourth-order valence-electron chi connectivity index (χ4n) is 4.79. The molecule has 0 bridgehead atoms. The number of aromatic nitrogens is 2. The van der Waals surface area contributed by atoms with Crippen molar-refractivity contribution in [2.45, 2.75) is 37.5 Å². The van der Waals surface area contributed by atoms with E-state index in [-0.39, 0.29) is 17.2 Å². The van der Waals surface area contributed by atoms with Gasteiger partial charge in [0.2, 0.25) is 0 Å². The number of amides is 1. The van der Waals surface area contributed by atoms with Crippen LogP contribution in [0.25, 0.3) is 0 Å². The van der Waals surface area contributed by atoms with Gasteiger partial charge in [0.1, 0.15) is 11.6 Å². The molecule has 5 rings (SSSR count). The van der Waals surface area contributed by atoms with Gasteiger partial charge in [-0.2, -0.15) is 18.3 Å². The molecule has 1 aliphatic carbocycles. The molecule has 184 valence electrons. The molecule has 1 aliphatic heterocycles. The highest BCUT2D eigenvalue weighted by Gasteiger charge is 2.53. The zero-order valence-corrected chi connectivity index (χ0v) is 17.8. The van der Waals surface area contributed by atoms with Gasteiger partial charge in [-0.15, -0.1) is 13.2 Å². The number of rotatable bonds is 3. The molecule has 2 heterocycles. The number of hydrogen-bond acceptors (Lipinski definition) is 4. The Balaban J connectivity index is 1.41. The first-order valence-corrected chi connectivity index (χ1v) is 10.7. The van der Waals surface area contributed by atoms with Crippen molar-refractivity contribution in [3.05, 3.63) is 71.4 Å². The van der Waals surface area contributed by atoms with Gasteiger partial charge in [-0.3, -0.25) is 4.79 Å². The minimum atomic E-state index is -4.86. The summed E-state index contributed by atoms with van der Waals surface area (Å²) in [6.45, 7) is 0. The number of nitrogens with zero attached hydrogens (tertiary/aromatic N) is 2. The molecule has 12 heteroatoms. The van der Waals surface area contributed by atoms with Crippen LogP contribution in [0.3, 0.4) is 0 Å². The van der Waals surface area contributed by atoms with Crippen LogP contribution in [0.4, 0.5) is 37.8 Å². The zero-order chi connectivity index (χ0) is 25.0. The quantitative estimate of drug-likeness (QED) is 0.446. The molecule has 1 aromatic heterocycles. The summed E-state index contributed by atoms with van der Waals surface area (Å²) >= 11 is 0. The van der Waals surface area contributed by atoms with Gasteiger partial charge in [0, 0.05) is 17.7 Å². The highest BCUT2D eigenvalue weighted by atomic mass is 19.4. The second kappa shape index (κ2) is 8.21. The molecule has 35 heavy (non-hydrogen) atoms. The van der Waals surface area contributed by atoms with Crippen LogP contribution in [0.5, 0.6) is 5.75 Å². The Labute approximate surface area is 194 Å². The number of fused-ring (bicyclic) bond motifs is 4. The van der Waals surface area contributed by atoms with E-state index >= 15 is 0 Å². The standard InChI is InChI=1S/C23H18F6N4O2/c24-22(25,26)20-16-10-5-12-3-1-2-4-15(12)19(16)31-18-11-17(32-33(18)20)21(34)30-13-6-8-14(9-7-13)35-23(27,28)29/h1-4,6-9,11,16,19-20,31H,5,10H2,(H,30,34). The number of aryl methyl sites for hydroxylation is 1. The van der Waals surface area contributed by atoms with Crippen LogP contribution in [0.2, 0.25) is 0 Å². The van der Waals surface area contributed by atoms with Crippen molar-refractivity contribution >= 4 is 17.4 Å². The van der Waals surface area contributed by atoms with Crippen LogP contribution >= 0.6 is 0 Å². The lowest BCUT2D eigenvalue weighted by Crippen LogP contribution is -2.45. The summed E-state index contributed by atoms with van der Waals surface area (Å²) in [5.74, 6) is -2.03. The Morgan fingerprint density at radius 2 is 1.77 bits per heavy atom. The van der Waals surface area contributed by atoms with Gasteiger partial charge in [0.05, 0.1) is 6.04 Å². The highest BCUT2D eigenvalue weighted by Crippen LogP contribution is 2.51. The van der Waals surface area contributed by atoms with Crippen molar-refractivity contribution in [1.82, 2.24) is 9.78 Å². The second-order valence-corrected chi connectivity index (χ2v) is 8.40. The smallest absolute Gasteiger partial charge is 0.406 e. The maximum absolute atomic E-state index is 14.2. The SMILES string of the molecule is O=C(Nc1ccc(OC(F)(F)F)cc1)c1cc2n(n1)C(C(F)(F)F)C1CCc3ccccc3C1N2. The Morgan fingerprint density at radius 1 is 1.06 bits per heavy atom. The second-order valence-electron chi connectivity index (χ2n) is 8.40. The lowest BCUT2D eigenvalue weighted by Gasteiger charge is -2.43. The van der Waals surface area contributed by atoms with Crippen molar-refractivity contribution < 1.29 is 35.9 Å². The van der Waals surface area contributed by atoms with Crippen LogP contribution in [0.1, 0.15) is 40.1 Å². The highest BCUT2D eigenvalue weighted by molar-refractivity contribution is 6.03. The summed E-state index contributed by atoms with van der Waals surface area (Å²) in [7, 11) is 0. The molecule has 3 aromatic rings. The molecule has 3 atom stereocenters. The van der Waals surface area contributed by atoms with E-state index in [0.29, 0.717) is 12.8 Å². The van der Waals surface area contributed by atoms with E-state index in [4.69, 9.17) is 0 Å². The first kappa shape index (κ1) is 23.1. The molecule has 0 fully saturated rings. The third-order valence-corrected chi connectivity index (χ3v) is 6.19. The summed E-state index contributed by atoms with van der Waals surface area (Å²) in [4.78, 5) is 12.7. The van der Waals surface area contributed by atoms with Gasteiger partial charge in [-0.05, 0) is 48.2 Å². The number of nitrogens with one attached hydrogen (secondary N) is 2. The van der Waals surface area contributed by atoms with E-state index in [1.807, 2.05) is 12.1 Å². The van der Waals surface area contributed by atoms with Gasteiger partial charge in [0.25, 0.3) is 5.91 Å². The molecule has 6 nitrogen and oxygen atoms in total. The Kier molecular flexibility index (Phi) is 5.41. The van der Waals surface area contributed by atoms with Crippen molar-refractivity contribution in [2.75, 3.05) is 10.6 Å². The molecule has 2 N–H and O–H groups in total. The van der Waals surface area contributed by atoms with E-state index in [1.165, 1.54) is 18.2 Å². The maximum atomic E-state index is 14.2. The topological polar surface area (TPSA) is 68.2 Å². The largest absolute Gasteiger partial charge is 0.573 e. The lowest BCUT2D eigenvalue weighted by atomic mass is 9.75. The van der Waals surface area contributed by atoms with Gasteiger partial charge < -0.3 is 15.4 Å². The molecule has 3 unspecified atom stereocenters. The van der Waals surface area contributed by atoms with Crippen LogP contribution in [-0.2, 0) is 6.42 Å². The van der Waals surface area contributed by atoms with Gasteiger partial charge in [-0.25, -0.2) is 4.68 Å². The van der Waals surface area contributed by atoms with Crippen molar-refractivity contribution in [3.8, 4) is 5.75 Å². The van der Waals surface area contributed by atoms with Crippen LogP contribution in [0, 0.1) is 5.92 Å². The monoisotopic (exact) mass is 496 g/mol. The predicted molar refractivity (Wildman–Crippen MR) is 113 cm³/mol. The van der Waals surface area contributed by atoms with E-state index in [2.05, 4.69) is 20.5 Å². The molecule has 0 spiro atoms. The molecule has 2 aromatic carbocycles. The minimum Gasteiger partial charge on any atom is -0.406 e. The Morgan fingerprint density at radius 3 is 2.46 bits per heavy atom. The minimum absolute atomic E-state index is 0.0596. The summed E-state index contributed by atoms with van der Waals surface area (Å²) in [5, 5.41) is 9.51. The van der Waals surface area contributed by atoms with E-state index in [9.17, 15) is 31.1 Å². The number of alkyl halides is 6. The van der Waals surface area contributed by atoms with Crippen LogP contribution in [-0.4, -0.2) is 28.2 Å². The number of halogens is 6. The van der Waals surface area contributed by atoms with E-state index < -0.39 is 42.2 Å². The van der Waals surface area contributed by atoms with Gasteiger partial charge in [0.15, 0.2) is 11.7 Å². The number of carbonyl (C=O) groups is 1. The molecular weight excluding hydrogens is 478 g/mol. The molecule has 0 saturated heterocycles. The molecular formula is C23H18F6N4O2. The summed E-state index contributed by atoms with van der Waals surface area (Å²) in [6, 6.07) is 10.4. The van der Waals surface area contributed by atoms with Crippen molar-refractivity contribution in [1.29, 1.82) is 0 Å². The third-order valence-electron chi connectivity index (χ3n) is 6.19. The molecule has 0 saturated carbocycles. The normalized spacial score (nSPS) is 21.3. The number of benzene rings is 2. The van der Waals surface area contributed by atoms with Gasteiger partial charge >= 0.3 is 12.5 Å². The predicted octanol–water partition coefficient (Wildman–Crippen LogP) is 5.87. The fraction of sp³-hybridized carbons (Fsp3) is 0.304. The number of ether oxygens (including phenoxy) is 1. The number of hydrogen-bond donors (Lipinski definition) is 2. The summed E-state index contributed by atoms with van der Waals surface area (Å²) < 4.78 is 84.1. The molecule has 1 amide bonds. The first-order chi connectivity index (χ1) is 16.5. The van der Waals surface area contributed by atoms with Crippen LogP contribution < -0.4 is 15.4 Å². The number of carbonyl (C=O) groups excluding carboxylic acids is 1. The molecule has 2 aliphatic rings. The lowest BCUT2D eigenvalue weighted by molar-refractivity contribution is -0.274. The Hall–Kier alpha value is -3.70. The van der Waals surface area contributed by atoms with Crippen LogP contribution in [0.15, 0.2) is 54.6 Å². The first-order valence-electron chi connectivity index (χ1n) is 10.7. The maximum Gasteiger partial charge on any atom is 0.573 e. The van der Waals surface area contributed by atoms with E-state index in [1.54, 1.807) is 12.1 Å². The van der Waals surface area contributed by atoms with Crippen molar-refractivity contribution in [2.24, 2.45) is 5.92 Å². The zero-order valence-electron chi connectivity index (χ0n) is 17.8. The molecule has 0 radical (unpaired) electrons. The fourth-order valence-corrected chi connectivity index (χ4v) is 4.79. The van der Waals surface area contributed by atoms with Crippen molar-refractivity contribution in [3.63, 3.8) is 0 Å². The van der Waals surface area contributed by atoms with E-state index in [0.717, 1.165) is 27.9 Å². The summed E-state index contributed by atoms with van der Waals surface area (Å²) in [5.41, 5.74) is 1.63. The summed E-state index contributed by atoms with van der Waals surface area (Å²) in [6.07, 6.45) is -8.66. The average Bonchev–Trinajstić information content (AvgIpc) is 3.20. The Bertz CT molecular complexity index is 1250. The third kappa shape index (κ3) is 4.52. The number of anilines is 2.